The number of hydrogen-bond donors (Lipinski definition) is 0. The van der Waals surface area contributed by atoms with Gasteiger partial charge in [-0.3, -0.25) is 9.69 Å². The van der Waals surface area contributed by atoms with E-state index in [0.717, 1.165) is 45.6 Å². The lowest BCUT2D eigenvalue weighted by molar-refractivity contribution is -0.137. The molecule has 0 bridgehead atoms. The largest absolute Gasteiger partial charge is 0.340 e. The van der Waals surface area contributed by atoms with Gasteiger partial charge in [0.1, 0.15) is 0 Å². The Kier molecular flexibility index (Phi) is 5.40. The lowest BCUT2D eigenvalue weighted by atomic mass is 10.0. The van der Waals surface area contributed by atoms with E-state index in [4.69, 9.17) is 0 Å². The molecule has 1 aromatic heterocycles. The summed E-state index contributed by atoms with van der Waals surface area (Å²) in [7, 11) is 0. The fraction of sp³-hybridized carbons (Fsp3) is 0.667. The molecule has 1 amide bonds. The van der Waals surface area contributed by atoms with Crippen LogP contribution < -0.4 is 0 Å². The van der Waals surface area contributed by atoms with Crippen molar-refractivity contribution in [1.29, 1.82) is 0 Å². The Morgan fingerprint density at radius 3 is 2.47 bits per heavy atom. The highest BCUT2D eigenvalue weighted by Gasteiger charge is 2.25. The van der Waals surface area contributed by atoms with Crippen molar-refractivity contribution in [2.75, 3.05) is 26.2 Å². The zero-order valence-corrected chi connectivity index (χ0v) is 12.8. The maximum Gasteiger partial charge on any atom is 0.225 e. The summed E-state index contributed by atoms with van der Waals surface area (Å²) in [5.74, 6) is 0.588. The summed E-state index contributed by atoms with van der Waals surface area (Å²) in [6.07, 6.45) is 1.93. The van der Waals surface area contributed by atoms with Crippen molar-refractivity contribution in [3.8, 4) is 0 Å². The SMILES string of the molecule is CCC(CC)C(=O)N1CCN(Cc2cccs2)CC1. The molecule has 3 nitrogen and oxygen atoms in total. The quantitative estimate of drug-likeness (QED) is 0.828. The molecule has 0 atom stereocenters. The predicted octanol–water partition coefficient (Wildman–Crippen LogP) is 2.83. The van der Waals surface area contributed by atoms with Gasteiger partial charge in [-0.1, -0.05) is 19.9 Å². The minimum atomic E-state index is 0.226. The maximum absolute atomic E-state index is 12.3. The van der Waals surface area contributed by atoms with Gasteiger partial charge in [-0.2, -0.15) is 0 Å². The third kappa shape index (κ3) is 3.80. The van der Waals surface area contributed by atoms with Crippen molar-refractivity contribution in [3.05, 3.63) is 22.4 Å². The number of hydrogen-bond acceptors (Lipinski definition) is 3. The second-order valence-electron chi connectivity index (χ2n) is 5.19. The number of thiophene rings is 1. The van der Waals surface area contributed by atoms with Gasteiger partial charge in [0, 0.05) is 43.5 Å². The molecule has 1 fully saturated rings. The Morgan fingerprint density at radius 2 is 1.95 bits per heavy atom. The van der Waals surface area contributed by atoms with Crippen LogP contribution in [0.3, 0.4) is 0 Å². The number of rotatable bonds is 5. The summed E-state index contributed by atoms with van der Waals surface area (Å²) >= 11 is 1.81. The topological polar surface area (TPSA) is 23.6 Å². The molecule has 4 heteroatoms. The summed E-state index contributed by atoms with van der Waals surface area (Å²) in [4.78, 5) is 18.2. The lowest BCUT2D eigenvalue weighted by Crippen LogP contribution is -2.49. The van der Waals surface area contributed by atoms with E-state index in [2.05, 4.69) is 41.2 Å². The van der Waals surface area contributed by atoms with Gasteiger partial charge in [0.05, 0.1) is 0 Å². The van der Waals surface area contributed by atoms with Gasteiger partial charge in [0.15, 0.2) is 0 Å². The summed E-state index contributed by atoms with van der Waals surface area (Å²) in [5, 5.41) is 2.13. The van der Waals surface area contributed by atoms with E-state index in [1.165, 1.54) is 4.88 Å². The Bertz CT molecular complexity index is 379. The molecular weight excluding hydrogens is 256 g/mol. The minimum Gasteiger partial charge on any atom is -0.340 e. The van der Waals surface area contributed by atoms with Crippen LogP contribution >= 0.6 is 11.3 Å². The molecule has 0 saturated carbocycles. The molecule has 1 aliphatic rings. The first-order valence-corrected chi connectivity index (χ1v) is 8.16. The Labute approximate surface area is 120 Å². The molecule has 0 aliphatic carbocycles. The average molecular weight is 280 g/mol. The Balaban J connectivity index is 1.80. The van der Waals surface area contributed by atoms with Crippen LogP contribution in [-0.4, -0.2) is 41.9 Å². The van der Waals surface area contributed by atoms with Crippen molar-refractivity contribution >= 4 is 17.2 Å². The molecule has 0 aromatic carbocycles. The van der Waals surface area contributed by atoms with Crippen LogP contribution in [0.15, 0.2) is 17.5 Å². The summed E-state index contributed by atoms with van der Waals surface area (Å²) < 4.78 is 0. The number of nitrogens with zero attached hydrogens (tertiary/aromatic N) is 2. The molecule has 2 heterocycles. The maximum atomic E-state index is 12.3. The molecular formula is C15H24N2OS. The van der Waals surface area contributed by atoms with E-state index in [0.29, 0.717) is 5.91 Å². The van der Waals surface area contributed by atoms with Gasteiger partial charge in [-0.05, 0) is 24.3 Å². The molecule has 0 N–H and O–H groups in total. The van der Waals surface area contributed by atoms with Crippen LogP contribution in [0.1, 0.15) is 31.6 Å². The Morgan fingerprint density at radius 1 is 1.26 bits per heavy atom. The molecule has 0 spiro atoms. The highest BCUT2D eigenvalue weighted by Crippen LogP contribution is 2.16. The minimum absolute atomic E-state index is 0.226. The van der Waals surface area contributed by atoms with E-state index in [9.17, 15) is 4.79 Å². The third-order valence-corrected chi connectivity index (χ3v) is 4.84. The number of piperazine rings is 1. The van der Waals surface area contributed by atoms with Crippen LogP contribution in [0.25, 0.3) is 0 Å². The molecule has 1 aliphatic heterocycles. The first-order chi connectivity index (χ1) is 9.24. The van der Waals surface area contributed by atoms with Crippen LogP contribution in [0.5, 0.6) is 0 Å². The van der Waals surface area contributed by atoms with Gasteiger partial charge in [-0.15, -0.1) is 11.3 Å². The van der Waals surface area contributed by atoms with Crippen molar-refractivity contribution in [1.82, 2.24) is 9.80 Å². The van der Waals surface area contributed by atoms with E-state index in [1.54, 1.807) is 0 Å². The summed E-state index contributed by atoms with van der Waals surface area (Å²) in [6.45, 7) is 9.04. The molecule has 1 aromatic rings. The van der Waals surface area contributed by atoms with E-state index < -0.39 is 0 Å². The second kappa shape index (κ2) is 7.06. The smallest absolute Gasteiger partial charge is 0.225 e. The fourth-order valence-corrected chi connectivity index (χ4v) is 3.39. The zero-order chi connectivity index (χ0) is 13.7. The van der Waals surface area contributed by atoms with Crippen LogP contribution in [0.2, 0.25) is 0 Å². The van der Waals surface area contributed by atoms with Gasteiger partial charge in [0.25, 0.3) is 0 Å². The normalized spacial score (nSPS) is 17.1. The van der Waals surface area contributed by atoms with Gasteiger partial charge in [0.2, 0.25) is 5.91 Å². The molecule has 19 heavy (non-hydrogen) atoms. The van der Waals surface area contributed by atoms with Crippen molar-refractivity contribution < 1.29 is 4.79 Å². The monoisotopic (exact) mass is 280 g/mol. The van der Waals surface area contributed by atoms with Gasteiger partial charge in [-0.25, -0.2) is 0 Å². The summed E-state index contributed by atoms with van der Waals surface area (Å²) in [6, 6.07) is 4.29. The van der Waals surface area contributed by atoms with E-state index >= 15 is 0 Å². The fourth-order valence-electron chi connectivity index (χ4n) is 2.65. The molecule has 0 unspecified atom stereocenters. The Hall–Kier alpha value is -0.870. The number of carbonyl (C=O) groups excluding carboxylic acids is 1. The van der Waals surface area contributed by atoms with Crippen LogP contribution in [0.4, 0.5) is 0 Å². The van der Waals surface area contributed by atoms with Crippen molar-refractivity contribution in [2.24, 2.45) is 5.92 Å². The van der Waals surface area contributed by atoms with Crippen LogP contribution in [0, 0.1) is 5.92 Å². The standard InChI is InChI=1S/C15H24N2OS/c1-3-13(4-2)15(18)17-9-7-16(8-10-17)12-14-6-5-11-19-14/h5-6,11,13H,3-4,7-10,12H2,1-2H3. The molecule has 106 valence electrons. The van der Waals surface area contributed by atoms with E-state index in [1.807, 2.05) is 11.3 Å². The van der Waals surface area contributed by atoms with Crippen LogP contribution in [-0.2, 0) is 11.3 Å². The molecule has 2 rings (SSSR count). The van der Waals surface area contributed by atoms with E-state index in [-0.39, 0.29) is 5.92 Å². The van der Waals surface area contributed by atoms with Gasteiger partial charge >= 0.3 is 0 Å². The van der Waals surface area contributed by atoms with Crippen molar-refractivity contribution in [3.63, 3.8) is 0 Å². The lowest BCUT2D eigenvalue weighted by Gasteiger charge is -2.36. The zero-order valence-electron chi connectivity index (χ0n) is 12.0. The molecule has 1 saturated heterocycles. The third-order valence-electron chi connectivity index (χ3n) is 3.98. The second-order valence-corrected chi connectivity index (χ2v) is 6.23. The highest BCUT2D eigenvalue weighted by atomic mass is 32.1. The number of amides is 1. The average Bonchev–Trinajstić information content (AvgIpc) is 2.94. The van der Waals surface area contributed by atoms with Crippen molar-refractivity contribution in [2.45, 2.75) is 33.2 Å². The first-order valence-electron chi connectivity index (χ1n) is 7.28. The first kappa shape index (κ1) is 14.5. The molecule has 0 radical (unpaired) electrons. The number of carbonyl (C=O) groups is 1. The highest BCUT2D eigenvalue weighted by molar-refractivity contribution is 7.09. The summed E-state index contributed by atoms with van der Waals surface area (Å²) in [5.41, 5.74) is 0. The predicted molar refractivity (Wildman–Crippen MR) is 80.2 cm³/mol. The van der Waals surface area contributed by atoms with Gasteiger partial charge < -0.3 is 4.90 Å².